The molecule has 0 aromatic rings. The van der Waals surface area contributed by atoms with Crippen molar-refractivity contribution in [2.24, 2.45) is 28.7 Å². The third-order valence-electron chi connectivity index (χ3n) is 17.5. The van der Waals surface area contributed by atoms with E-state index in [1.807, 2.05) is 0 Å². The molecule has 0 aliphatic carbocycles. The summed E-state index contributed by atoms with van der Waals surface area (Å²) in [5.41, 5.74) is 28.0. The molecule has 0 heterocycles. The van der Waals surface area contributed by atoms with Gasteiger partial charge in [0.1, 0.15) is 96.7 Å². The molecule has 16 atom stereocenters. The van der Waals surface area contributed by atoms with Crippen LogP contribution < -0.4 is 114 Å². The molecule has 0 saturated carbocycles. The predicted octanol–water partition coefficient (Wildman–Crippen LogP) is -8.62. The molecule has 0 rings (SSSR count). The van der Waals surface area contributed by atoms with Gasteiger partial charge in [-0.25, -0.2) is 0 Å². The average molecular weight is 1660 g/mol. The fraction of sp³-hybridized carbons (Fsp3) is 0.700. The van der Waals surface area contributed by atoms with Crippen molar-refractivity contribution in [2.45, 2.75) is 287 Å². The smallest absolute Gasteiger partial charge is 0.303 e. The van der Waals surface area contributed by atoms with Crippen molar-refractivity contribution in [3.63, 3.8) is 0 Å². The first-order chi connectivity index (χ1) is 54.3. The van der Waals surface area contributed by atoms with E-state index >= 15 is 0 Å². The van der Waals surface area contributed by atoms with Crippen LogP contribution in [0.1, 0.15) is 191 Å². The second-order valence-electron chi connectivity index (χ2n) is 27.8. The lowest BCUT2D eigenvalue weighted by atomic mass is 10.1. The number of unbranched alkanes of at least 4 members (excludes halogenated alkanes) is 4. The minimum Gasteiger partial charge on any atom is -0.481 e. The maximum absolute atomic E-state index is 14.0. The number of hydrogen-bond donors (Lipinski definition) is 25. The Labute approximate surface area is 670 Å². The van der Waals surface area contributed by atoms with Crippen LogP contribution in [-0.2, 0) is 101 Å². The molecule has 0 aromatic heterocycles. The summed E-state index contributed by atoms with van der Waals surface area (Å²) in [5, 5.41) is 75.8. The molecule has 46 nitrogen and oxygen atoms in total. The van der Waals surface area contributed by atoms with Crippen LogP contribution in [-0.4, -0.2) is 268 Å². The number of rotatable bonds is 60. The van der Waals surface area contributed by atoms with Gasteiger partial charge in [-0.05, 0) is 184 Å². The number of hydrogen-bond acceptors (Lipinski definition) is 25. The van der Waals surface area contributed by atoms with Gasteiger partial charge in [-0.1, -0.05) is 0 Å². The number of nitrogens with two attached hydrogens (primary N) is 5. The molecule has 0 radical (unpaired) electrons. The molecule has 0 aromatic carbocycles. The van der Waals surface area contributed by atoms with E-state index in [-0.39, 0.29) is 58.2 Å². The van der Waals surface area contributed by atoms with Crippen LogP contribution in [0.2, 0.25) is 0 Å². The SMILES string of the molecule is CC(=O)N[C@@H](C)C(=O)N[C@@H](CCC(=O)O)C(=O)N[C@@H](C)C(=O)N[C@@H](CCC(=O)O)C(=O)N[C@@H](C)C(=O)N[C@@H](CCCCN)C(=O)N[C@@H](C)C(=O)N[C@@H](CCCCN)C(=O)N[C@@H](C)C(=O)N[C@@H](CCC(=O)O)C(=O)N[C@@H](C)C(=O)N[C@@H](CCC(=O)O)C(=O)N[C@@H](C)C(=O)N[C@@H](CCCCN)C(=O)N[C@@H](C)C(=O)N[C@@H](CCCCN)C(N)=O. The third kappa shape index (κ3) is 43.3. The molecule has 30 N–H and O–H groups in total. The summed E-state index contributed by atoms with van der Waals surface area (Å²) in [6.07, 6.45) is -2.23. The standard InChI is InChI=1S/C70H121N21O25/c1-34(76-42(9)92)56(102)88-47(22-26-51(93)94)67(113)82-40(7)62(108)90-48(23-27-52(95)96)68(114)81-38(5)60(106)87-45(20-12-16-32-73)65(111)78-36(3)58(104)85-46(21-13-17-33-74)66(112)79-39(6)61(107)89-50(25-29-54(99)100)70(116)83-41(8)63(109)91-49(24-28-53(97)98)69(115)80-37(4)59(105)86-44(19-11-15-31-72)64(110)77-35(2)57(103)84-43(55(75)101)18-10-14-30-71/h34-41,43-50H,10-33,71-74H2,1-9H3,(H2,75,101)(H,76,92)(H,77,110)(H,78,111)(H,79,112)(H,80,115)(H,81,114)(H,82,113)(H,83,116)(H,84,103)(H,85,104)(H,86,105)(H,87,106)(H,88,102)(H,89,107)(H,90,108)(H,91,109)(H,93,94)(H,95,96)(H,97,98)(H,99,100)/t34-,35-,36-,37-,38-,39-,40-,41-,43-,44-,45-,46-,47-,48-,49-,50-/m0/s1. The Balaban J connectivity index is 6.43. The van der Waals surface area contributed by atoms with Crippen molar-refractivity contribution in [1.82, 2.24) is 85.1 Å². The topological polar surface area (TPSA) is 762 Å². The molecule has 0 saturated heterocycles. The Morgan fingerprint density at radius 1 is 0.216 bits per heavy atom. The largest absolute Gasteiger partial charge is 0.481 e. The van der Waals surface area contributed by atoms with Gasteiger partial charge in [0.25, 0.3) is 0 Å². The summed E-state index contributed by atoms with van der Waals surface area (Å²) >= 11 is 0. The van der Waals surface area contributed by atoms with E-state index in [0.29, 0.717) is 45.1 Å². The van der Waals surface area contributed by atoms with Crippen molar-refractivity contribution in [2.75, 3.05) is 26.2 Å². The molecule has 656 valence electrons. The van der Waals surface area contributed by atoms with Gasteiger partial charge in [-0.2, -0.15) is 0 Å². The van der Waals surface area contributed by atoms with Crippen molar-refractivity contribution in [3.8, 4) is 0 Å². The molecule has 0 aliphatic heterocycles. The highest BCUT2D eigenvalue weighted by Crippen LogP contribution is 2.11. The Morgan fingerprint density at radius 3 is 0.509 bits per heavy atom. The number of carbonyl (C=O) groups is 21. The highest BCUT2D eigenvalue weighted by atomic mass is 16.4. The molecule has 46 heteroatoms. The maximum atomic E-state index is 14.0. The number of aliphatic carboxylic acids is 4. The Kier molecular flexibility index (Phi) is 50.6. The summed E-state index contributed by atoms with van der Waals surface area (Å²) in [4.78, 5) is 274. The van der Waals surface area contributed by atoms with E-state index in [0.717, 1.165) is 27.7 Å². The molecule has 17 amide bonds. The van der Waals surface area contributed by atoms with Gasteiger partial charge in [-0.3, -0.25) is 101 Å². The number of carbonyl (C=O) groups excluding carboxylic acids is 17. The lowest BCUT2D eigenvalue weighted by molar-refractivity contribution is -0.139. The first-order valence-electron chi connectivity index (χ1n) is 38.1. The van der Waals surface area contributed by atoms with Gasteiger partial charge >= 0.3 is 23.9 Å². The fourth-order valence-corrected chi connectivity index (χ4v) is 10.6. The van der Waals surface area contributed by atoms with Gasteiger partial charge in [-0.15, -0.1) is 0 Å². The highest BCUT2D eigenvalue weighted by molar-refractivity contribution is 6.01. The van der Waals surface area contributed by atoms with Crippen LogP contribution in [0, 0.1) is 0 Å². The van der Waals surface area contributed by atoms with Crippen LogP contribution in [0.15, 0.2) is 0 Å². The maximum Gasteiger partial charge on any atom is 0.303 e. The Morgan fingerprint density at radius 2 is 0.362 bits per heavy atom. The summed E-state index contributed by atoms with van der Waals surface area (Å²) in [7, 11) is 0. The molecule has 0 aliphatic rings. The highest BCUT2D eigenvalue weighted by Gasteiger charge is 2.37. The number of carboxylic acid groups (broad SMARTS) is 4. The lowest BCUT2D eigenvalue weighted by Crippen LogP contribution is -2.60. The number of nitrogens with one attached hydrogen (secondary N) is 16. The summed E-state index contributed by atoms with van der Waals surface area (Å²) in [6, 6.07) is -23.6. The van der Waals surface area contributed by atoms with E-state index in [4.69, 9.17) is 28.7 Å². The number of amides is 17. The molecule has 0 unspecified atom stereocenters. The van der Waals surface area contributed by atoms with Crippen LogP contribution >= 0.6 is 0 Å². The normalized spacial score (nSPS) is 15.1. The summed E-state index contributed by atoms with van der Waals surface area (Å²) < 4.78 is 0. The second kappa shape index (κ2) is 56.1. The monoisotopic (exact) mass is 1660 g/mol. The molecule has 0 fully saturated rings. The van der Waals surface area contributed by atoms with Crippen molar-refractivity contribution >= 4 is 124 Å². The van der Waals surface area contributed by atoms with Gasteiger partial charge < -0.3 is 134 Å². The number of primary amides is 1. The first-order valence-corrected chi connectivity index (χ1v) is 38.1. The third-order valence-corrected chi connectivity index (χ3v) is 17.5. The Bertz CT molecular complexity index is 3390. The van der Waals surface area contributed by atoms with Crippen LogP contribution in [0.25, 0.3) is 0 Å². The molecular weight excluding hydrogens is 1530 g/mol. The summed E-state index contributed by atoms with van der Waals surface area (Å²) in [6.45, 7) is 11.6. The first kappa shape index (κ1) is 105. The van der Waals surface area contributed by atoms with Gasteiger partial charge in [0.05, 0.1) is 0 Å². The molecular formula is C70H121N21O25. The zero-order valence-corrected chi connectivity index (χ0v) is 67.0. The molecule has 116 heavy (non-hydrogen) atoms. The zero-order chi connectivity index (χ0) is 88.6. The minimum atomic E-state index is -1.75. The average Bonchev–Trinajstić information content (AvgIpc) is 0.871. The van der Waals surface area contributed by atoms with Crippen LogP contribution in [0.5, 0.6) is 0 Å². The second-order valence-corrected chi connectivity index (χ2v) is 27.8. The van der Waals surface area contributed by atoms with Crippen molar-refractivity contribution in [3.05, 3.63) is 0 Å². The van der Waals surface area contributed by atoms with Gasteiger partial charge in [0.2, 0.25) is 100 Å². The van der Waals surface area contributed by atoms with E-state index in [1.165, 1.54) is 34.6 Å². The zero-order valence-electron chi connectivity index (χ0n) is 67.0. The lowest BCUT2D eigenvalue weighted by Gasteiger charge is -2.26. The summed E-state index contributed by atoms with van der Waals surface area (Å²) in [5.74, 6) is -22.1. The van der Waals surface area contributed by atoms with Crippen molar-refractivity contribution < 1.29 is 121 Å². The molecule has 0 bridgehead atoms. The van der Waals surface area contributed by atoms with E-state index < -0.39 is 272 Å². The Hall–Kier alpha value is -11.3. The number of carboxylic acids is 4. The van der Waals surface area contributed by atoms with Crippen LogP contribution in [0.4, 0.5) is 0 Å². The minimum absolute atomic E-state index is 0.00307. The molecule has 0 spiro atoms. The quantitative estimate of drug-likeness (QED) is 0.0252. The van der Waals surface area contributed by atoms with Crippen LogP contribution in [0.3, 0.4) is 0 Å². The van der Waals surface area contributed by atoms with E-state index in [9.17, 15) is 121 Å². The fourth-order valence-electron chi connectivity index (χ4n) is 10.6. The van der Waals surface area contributed by atoms with E-state index in [2.05, 4.69) is 85.1 Å². The predicted molar refractivity (Wildman–Crippen MR) is 410 cm³/mol. The van der Waals surface area contributed by atoms with Gasteiger partial charge in [0.15, 0.2) is 0 Å². The van der Waals surface area contributed by atoms with Crippen molar-refractivity contribution in [1.29, 1.82) is 0 Å². The van der Waals surface area contributed by atoms with E-state index in [1.54, 1.807) is 0 Å². The van der Waals surface area contributed by atoms with Gasteiger partial charge in [0, 0.05) is 32.6 Å².